The van der Waals surface area contributed by atoms with E-state index in [2.05, 4.69) is 6.58 Å². The SMILES string of the molecule is C=CCC(N)C(C)=CCOC(=O)c1ccccc1.Cl. The van der Waals surface area contributed by atoms with Crippen LogP contribution in [0.4, 0.5) is 0 Å². The van der Waals surface area contributed by atoms with Gasteiger partial charge in [0, 0.05) is 6.04 Å². The van der Waals surface area contributed by atoms with Crippen molar-refractivity contribution in [2.45, 2.75) is 19.4 Å². The fourth-order valence-electron chi connectivity index (χ4n) is 1.42. The molecular formula is C15H20ClNO2. The lowest BCUT2D eigenvalue weighted by atomic mass is 10.1. The van der Waals surface area contributed by atoms with E-state index in [1.165, 1.54) is 0 Å². The lowest BCUT2D eigenvalue weighted by Gasteiger charge is -2.09. The minimum absolute atomic E-state index is 0. The fourth-order valence-corrected chi connectivity index (χ4v) is 1.42. The molecule has 104 valence electrons. The summed E-state index contributed by atoms with van der Waals surface area (Å²) in [6.45, 7) is 5.80. The molecule has 0 aliphatic rings. The molecule has 4 heteroatoms. The maximum absolute atomic E-state index is 11.6. The van der Waals surface area contributed by atoms with E-state index < -0.39 is 0 Å². The molecule has 0 aliphatic heterocycles. The largest absolute Gasteiger partial charge is 0.458 e. The van der Waals surface area contributed by atoms with Crippen LogP contribution in [-0.4, -0.2) is 18.6 Å². The number of carbonyl (C=O) groups is 1. The molecule has 1 atom stereocenters. The highest BCUT2D eigenvalue weighted by atomic mass is 35.5. The first-order chi connectivity index (χ1) is 8.65. The third-order valence-electron chi connectivity index (χ3n) is 2.63. The van der Waals surface area contributed by atoms with Crippen molar-refractivity contribution in [2.75, 3.05) is 6.61 Å². The van der Waals surface area contributed by atoms with Crippen LogP contribution >= 0.6 is 12.4 Å². The number of nitrogens with two attached hydrogens (primary N) is 1. The molecule has 0 amide bonds. The molecule has 0 bridgehead atoms. The van der Waals surface area contributed by atoms with E-state index in [0.29, 0.717) is 5.56 Å². The Labute approximate surface area is 120 Å². The van der Waals surface area contributed by atoms with Crippen LogP contribution in [0.3, 0.4) is 0 Å². The second-order valence-corrected chi connectivity index (χ2v) is 4.04. The maximum atomic E-state index is 11.6. The molecule has 0 heterocycles. The van der Waals surface area contributed by atoms with Crippen molar-refractivity contribution in [1.82, 2.24) is 0 Å². The number of ether oxygens (including phenoxy) is 1. The van der Waals surface area contributed by atoms with Crippen molar-refractivity contribution >= 4 is 18.4 Å². The summed E-state index contributed by atoms with van der Waals surface area (Å²) < 4.78 is 5.13. The average molecular weight is 282 g/mol. The molecule has 0 aliphatic carbocycles. The Morgan fingerprint density at radius 3 is 2.63 bits per heavy atom. The Kier molecular flexibility index (Phi) is 8.58. The van der Waals surface area contributed by atoms with Crippen LogP contribution in [0.5, 0.6) is 0 Å². The Morgan fingerprint density at radius 2 is 2.05 bits per heavy atom. The van der Waals surface area contributed by atoms with Gasteiger partial charge in [-0.2, -0.15) is 0 Å². The van der Waals surface area contributed by atoms with Gasteiger partial charge in [-0.05, 0) is 31.6 Å². The molecule has 0 spiro atoms. The minimum Gasteiger partial charge on any atom is -0.458 e. The van der Waals surface area contributed by atoms with Gasteiger partial charge in [0.1, 0.15) is 6.61 Å². The minimum atomic E-state index is -0.322. The Hall–Kier alpha value is -1.58. The van der Waals surface area contributed by atoms with Crippen LogP contribution in [0.2, 0.25) is 0 Å². The number of hydrogen-bond donors (Lipinski definition) is 1. The van der Waals surface area contributed by atoms with E-state index in [1.807, 2.05) is 19.1 Å². The van der Waals surface area contributed by atoms with Crippen molar-refractivity contribution in [3.8, 4) is 0 Å². The van der Waals surface area contributed by atoms with Gasteiger partial charge in [0.2, 0.25) is 0 Å². The van der Waals surface area contributed by atoms with E-state index in [9.17, 15) is 4.79 Å². The number of benzene rings is 1. The summed E-state index contributed by atoms with van der Waals surface area (Å²) in [4.78, 5) is 11.6. The first-order valence-corrected chi connectivity index (χ1v) is 5.90. The van der Waals surface area contributed by atoms with Gasteiger partial charge >= 0.3 is 5.97 Å². The monoisotopic (exact) mass is 281 g/mol. The number of esters is 1. The molecule has 0 fully saturated rings. The summed E-state index contributed by atoms with van der Waals surface area (Å²) in [6.07, 6.45) is 4.32. The zero-order chi connectivity index (χ0) is 13.4. The predicted molar refractivity (Wildman–Crippen MR) is 80.5 cm³/mol. The molecule has 0 saturated heterocycles. The summed E-state index contributed by atoms with van der Waals surface area (Å²) in [5, 5.41) is 0. The van der Waals surface area contributed by atoms with E-state index in [4.69, 9.17) is 10.5 Å². The van der Waals surface area contributed by atoms with Gasteiger partial charge in [-0.25, -0.2) is 4.79 Å². The molecule has 3 nitrogen and oxygen atoms in total. The van der Waals surface area contributed by atoms with Crippen LogP contribution in [0.25, 0.3) is 0 Å². The maximum Gasteiger partial charge on any atom is 0.338 e. The van der Waals surface area contributed by atoms with Gasteiger partial charge in [-0.1, -0.05) is 29.8 Å². The normalized spacial score (nSPS) is 12.2. The van der Waals surface area contributed by atoms with Crippen LogP contribution in [0, 0.1) is 0 Å². The molecule has 1 aromatic carbocycles. The molecule has 1 aromatic rings. The van der Waals surface area contributed by atoms with Crippen molar-refractivity contribution in [2.24, 2.45) is 5.73 Å². The van der Waals surface area contributed by atoms with Crippen molar-refractivity contribution in [3.63, 3.8) is 0 Å². The topological polar surface area (TPSA) is 52.3 Å². The average Bonchev–Trinajstić information content (AvgIpc) is 2.39. The molecule has 0 aromatic heterocycles. The standard InChI is InChI=1S/C15H19NO2.ClH/c1-3-7-14(16)12(2)10-11-18-15(17)13-8-5-4-6-9-13;/h3-6,8-10,14H,1,7,11,16H2,2H3;1H. The zero-order valence-corrected chi connectivity index (χ0v) is 11.9. The number of halogens is 1. The van der Waals surface area contributed by atoms with Crippen LogP contribution in [0.15, 0.2) is 54.6 Å². The van der Waals surface area contributed by atoms with Gasteiger partial charge in [0.25, 0.3) is 0 Å². The second-order valence-electron chi connectivity index (χ2n) is 4.04. The summed E-state index contributed by atoms with van der Waals surface area (Å²) in [5.41, 5.74) is 7.43. The Bertz CT molecular complexity index is 429. The number of rotatable bonds is 6. The highest BCUT2D eigenvalue weighted by molar-refractivity contribution is 5.89. The van der Waals surface area contributed by atoms with Gasteiger partial charge in [-0.3, -0.25) is 0 Å². The van der Waals surface area contributed by atoms with Crippen LogP contribution in [-0.2, 0) is 4.74 Å². The zero-order valence-electron chi connectivity index (χ0n) is 11.0. The van der Waals surface area contributed by atoms with Crippen LogP contribution in [0.1, 0.15) is 23.7 Å². The lowest BCUT2D eigenvalue weighted by molar-refractivity contribution is 0.0548. The smallest absolute Gasteiger partial charge is 0.338 e. The molecule has 2 N–H and O–H groups in total. The first-order valence-electron chi connectivity index (χ1n) is 5.90. The van der Waals surface area contributed by atoms with Crippen molar-refractivity contribution in [3.05, 3.63) is 60.2 Å². The Balaban J connectivity index is 0.00000324. The van der Waals surface area contributed by atoms with E-state index in [1.54, 1.807) is 30.3 Å². The highest BCUT2D eigenvalue weighted by Crippen LogP contribution is 2.05. The van der Waals surface area contributed by atoms with Crippen molar-refractivity contribution in [1.29, 1.82) is 0 Å². The lowest BCUT2D eigenvalue weighted by Crippen LogP contribution is -2.20. The van der Waals surface area contributed by atoms with E-state index >= 15 is 0 Å². The van der Waals surface area contributed by atoms with Gasteiger partial charge < -0.3 is 10.5 Å². The summed E-state index contributed by atoms with van der Waals surface area (Å²) in [7, 11) is 0. The summed E-state index contributed by atoms with van der Waals surface area (Å²) >= 11 is 0. The van der Waals surface area contributed by atoms with Gasteiger partial charge in [0.05, 0.1) is 5.56 Å². The molecule has 0 radical (unpaired) electrons. The van der Waals surface area contributed by atoms with Gasteiger partial charge in [-0.15, -0.1) is 19.0 Å². The predicted octanol–water partition coefficient (Wildman–Crippen LogP) is 3.11. The van der Waals surface area contributed by atoms with Gasteiger partial charge in [0.15, 0.2) is 0 Å². The molecule has 19 heavy (non-hydrogen) atoms. The third-order valence-corrected chi connectivity index (χ3v) is 2.63. The molecule has 1 rings (SSSR count). The highest BCUT2D eigenvalue weighted by Gasteiger charge is 2.05. The molecular weight excluding hydrogens is 262 g/mol. The quantitative estimate of drug-likeness (QED) is 0.644. The first kappa shape index (κ1) is 17.4. The van der Waals surface area contributed by atoms with Crippen LogP contribution < -0.4 is 5.73 Å². The number of hydrogen-bond acceptors (Lipinski definition) is 3. The number of carbonyl (C=O) groups excluding carboxylic acids is 1. The third kappa shape index (κ3) is 6.22. The van der Waals surface area contributed by atoms with E-state index in [0.717, 1.165) is 12.0 Å². The summed E-state index contributed by atoms with van der Waals surface area (Å²) in [6, 6.07) is 8.85. The van der Waals surface area contributed by atoms with E-state index in [-0.39, 0.29) is 31.0 Å². The molecule has 0 saturated carbocycles. The Morgan fingerprint density at radius 1 is 1.42 bits per heavy atom. The second kappa shape index (κ2) is 9.36. The summed E-state index contributed by atoms with van der Waals surface area (Å²) in [5.74, 6) is -0.322. The fraction of sp³-hybridized carbons (Fsp3) is 0.267. The van der Waals surface area contributed by atoms with Crippen molar-refractivity contribution < 1.29 is 9.53 Å². The molecule has 1 unspecified atom stereocenters.